The number of rotatable bonds is 10. The molecular weight excluding hydrogens is 540 g/mol. The molecular formula is C23H25BrN4O4S2. The van der Waals surface area contributed by atoms with Crippen LogP contribution in [0.2, 0.25) is 0 Å². The number of aromatic nitrogens is 3. The smallest absolute Gasteiger partial charge is 0.341 e. The van der Waals surface area contributed by atoms with Gasteiger partial charge in [0.1, 0.15) is 10.8 Å². The van der Waals surface area contributed by atoms with Gasteiger partial charge >= 0.3 is 5.97 Å². The molecule has 0 aliphatic carbocycles. The number of carbonyl (C=O) groups excluding carboxylic acids is 2. The topological polar surface area (TPSA) is 95.3 Å². The number of benzene rings is 1. The number of nitrogens with one attached hydrogen (secondary N) is 1. The van der Waals surface area contributed by atoms with Crippen molar-refractivity contribution in [1.82, 2.24) is 14.8 Å². The van der Waals surface area contributed by atoms with Crippen molar-refractivity contribution in [3.63, 3.8) is 0 Å². The molecule has 0 bridgehead atoms. The zero-order valence-electron chi connectivity index (χ0n) is 19.3. The van der Waals surface area contributed by atoms with Crippen molar-refractivity contribution in [2.45, 2.75) is 38.6 Å². The summed E-state index contributed by atoms with van der Waals surface area (Å²) in [6, 6.07) is 7.54. The van der Waals surface area contributed by atoms with Gasteiger partial charge < -0.3 is 14.8 Å². The molecule has 34 heavy (non-hydrogen) atoms. The van der Waals surface area contributed by atoms with Gasteiger partial charge in [0.05, 0.1) is 18.4 Å². The number of ether oxygens (including phenoxy) is 2. The first-order valence-corrected chi connectivity index (χ1v) is 12.9. The number of amides is 1. The normalized spacial score (nSPS) is 11.7. The fraction of sp³-hybridized carbons (Fsp3) is 0.304. The number of methoxy groups -OCH3 is 1. The summed E-state index contributed by atoms with van der Waals surface area (Å²) in [5, 5.41) is 12.4. The molecule has 3 rings (SSSR count). The van der Waals surface area contributed by atoms with E-state index in [2.05, 4.69) is 38.0 Å². The highest BCUT2D eigenvalue weighted by Gasteiger charge is 2.23. The van der Waals surface area contributed by atoms with Gasteiger partial charge in [-0.1, -0.05) is 33.8 Å². The van der Waals surface area contributed by atoms with E-state index in [1.54, 1.807) is 6.08 Å². The molecule has 1 N–H and O–H groups in total. The van der Waals surface area contributed by atoms with Gasteiger partial charge in [0.2, 0.25) is 5.91 Å². The molecule has 1 amide bonds. The molecule has 0 aliphatic rings. The quantitative estimate of drug-likeness (QED) is 0.195. The van der Waals surface area contributed by atoms with Crippen molar-refractivity contribution in [2.75, 3.05) is 18.2 Å². The van der Waals surface area contributed by atoms with E-state index < -0.39 is 5.97 Å². The maximum Gasteiger partial charge on any atom is 0.341 e. The number of esters is 1. The van der Waals surface area contributed by atoms with E-state index in [1.165, 1.54) is 30.2 Å². The summed E-state index contributed by atoms with van der Waals surface area (Å²) in [5.41, 5.74) is 1.19. The molecule has 0 fully saturated rings. The standard InChI is InChI=1S/C23H25BrN4O4S2/c1-6-11-28-20(14(3)32-17-9-7-16(24)8-10-17)26-27-23(28)33-12-18(29)25-21-19(22(30)31-5)13(2)15(4)34-21/h6-10,14H,1,11-12H2,2-5H3,(H,25,29). The Morgan fingerprint density at radius 1 is 1.29 bits per heavy atom. The number of carbonyl (C=O) groups is 2. The van der Waals surface area contributed by atoms with Crippen LogP contribution in [0.3, 0.4) is 0 Å². The van der Waals surface area contributed by atoms with Crippen LogP contribution in [0.25, 0.3) is 0 Å². The number of thioether (sulfide) groups is 1. The monoisotopic (exact) mass is 564 g/mol. The van der Waals surface area contributed by atoms with Gasteiger partial charge in [0.15, 0.2) is 17.1 Å². The summed E-state index contributed by atoms with van der Waals surface area (Å²) >= 11 is 6.01. The molecule has 0 aliphatic heterocycles. The Kier molecular flexibility index (Phi) is 8.92. The first-order valence-electron chi connectivity index (χ1n) is 10.3. The molecule has 8 nitrogen and oxygen atoms in total. The highest BCUT2D eigenvalue weighted by atomic mass is 79.9. The average molecular weight is 566 g/mol. The number of anilines is 1. The molecule has 11 heteroatoms. The molecule has 1 aromatic carbocycles. The second-order valence-corrected chi connectivity index (χ2v) is 10.4. The third-order valence-corrected chi connectivity index (χ3v) is 7.53. The van der Waals surface area contributed by atoms with E-state index in [0.29, 0.717) is 33.8 Å². The lowest BCUT2D eigenvalue weighted by Gasteiger charge is -2.15. The van der Waals surface area contributed by atoms with Gasteiger partial charge in [-0.15, -0.1) is 28.1 Å². The van der Waals surface area contributed by atoms with Crippen LogP contribution < -0.4 is 10.1 Å². The minimum atomic E-state index is -0.472. The lowest BCUT2D eigenvalue weighted by molar-refractivity contribution is -0.113. The van der Waals surface area contributed by atoms with E-state index >= 15 is 0 Å². The van der Waals surface area contributed by atoms with Crippen LogP contribution in [0.5, 0.6) is 5.75 Å². The van der Waals surface area contributed by atoms with Gasteiger partial charge in [-0.25, -0.2) is 4.79 Å². The SMILES string of the molecule is C=CCn1c(SCC(=O)Nc2sc(C)c(C)c2C(=O)OC)nnc1C(C)Oc1ccc(Br)cc1. The molecule has 0 saturated heterocycles. The Hall–Kier alpha value is -2.63. The average Bonchev–Trinajstić information content (AvgIpc) is 3.33. The highest BCUT2D eigenvalue weighted by Crippen LogP contribution is 2.33. The summed E-state index contributed by atoms with van der Waals surface area (Å²) in [4.78, 5) is 25.8. The lowest BCUT2D eigenvalue weighted by atomic mass is 10.1. The van der Waals surface area contributed by atoms with Crippen molar-refractivity contribution >= 4 is 55.9 Å². The highest BCUT2D eigenvalue weighted by molar-refractivity contribution is 9.10. The zero-order valence-corrected chi connectivity index (χ0v) is 22.5. The van der Waals surface area contributed by atoms with Gasteiger partial charge in [0.25, 0.3) is 0 Å². The van der Waals surface area contributed by atoms with Gasteiger partial charge in [-0.3, -0.25) is 9.36 Å². The maximum absolute atomic E-state index is 12.7. The molecule has 2 aromatic heterocycles. The lowest BCUT2D eigenvalue weighted by Crippen LogP contribution is -2.17. The zero-order chi connectivity index (χ0) is 24.8. The third-order valence-electron chi connectivity index (χ3n) is 4.91. The van der Waals surface area contributed by atoms with Crippen molar-refractivity contribution in [2.24, 2.45) is 0 Å². The number of halogens is 1. The van der Waals surface area contributed by atoms with Crippen LogP contribution in [0, 0.1) is 13.8 Å². The summed E-state index contributed by atoms with van der Waals surface area (Å²) in [6.07, 6.45) is 1.37. The summed E-state index contributed by atoms with van der Waals surface area (Å²) < 4.78 is 13.7. The predicted octanol–water partition coefficient (Wildman–Crippen LogP) is 5.56. The molecule has 180 valence electrons. The summed E-state index contributed by atoms with van der Waals surface area (Å²) in [6.45, 7) is 9.90. The van der Waals surface area contributed by atoms with Crippen LogP contribution in [0.15, 0.2) is 46.5 Å². The largest absolute Gasteiger partial charge is 0.483 e. The Labute approximate surface area is 214 Å². The van der Waals surface area contributed by atoms with Crippen LogP contribution in [0.4, 0.5) is 5.00 Å². The van der Waals surface area contributed by atoms with Crippen molar-refractivity contribution in [3.05, 3.63) is 63.2 Å². The summed E-state index contributed by atoms with van der Waals surface area (Å²) in [5.74, 6) is 0.696. The van der Waals surface area contributed by atoms with Crippen molar-refractivity contribution in [3.8, 4) is 5.75 Å². The first-order chi connectivity index (χ1) is 16.2. The Morgan fingerprint density at radius 2 is 2.00 bits per heavy atom. The van der Waals surface area contributed by atoms with E-state index in [0.717, 1.165) is 14.9 Å². The third kappa shape index (κ3) is 6.08. The Bertz CT molecular complexity index is 1190. The molecule has 1 atom stereocenters. The molecule has 0 radical (unpaired) electrons. The predicted molar refractivity (Wildman–Crippen MR) is 138 cm³/mol. The van der Waals surface area contributed by atoms with Gasteiger partial charge in [0, 0.05) is 15.9 Å². The minimum Gasteiger partial charge on any atom is -0.483 e. The fourth-order valence-electron chi connectivity index (χ4n) is 3.13. The van der Waals surface area contributed by atoms with Gasteiger partial charge in [-0.05, 0) is 50.6 Å². The Balaban J connectivity index is 1.70. The second-order valence-electron chi connectivity index (χ2n) is 7.27. The number of allylic oxidation sites excluding steroid dienone is 1. The van der Waals surface area contributed by atoms with E-state index in [-0.39, 0.29) is 17.8 Å². The first kappa shape index (κ1) is 26.0. The Morgan fingerprint density at radius 3 is 2.65 bits per heavy atom. The van der Waals surface area contributed by atoms with Crippen LogP contribution in [-0.4, -0.2) is 39.5 Å². The number of thiophene rings is 1. The van der Waals surface area contributed by atoms with Crippen LogP contribution in [0.1, 0.15) is 39.7 Å². The van der Waals surface area contributed by atoms with Crippen molar-refractivity contribution < 1.29 is 19.1 Å². The van der Waals surface area contributed by atoms with E-state index in [1.807, 2.05) is 49.6 Å². The van der Waals surface area contributed by atoms with Crippen LogP contribution >= 0.6 is 39.0 Å². The van der Waals surface area contributed by atoms with Crippen molar-refractivity contribution in [1.29, 1.82) is 0 Å². The van der Waals surface area contributed by atoms with E-state index in [9.17, 15) is 9.59 Å². The fourth-order valence-corrected chi connectivity index (χ4v) is 5.22. The molecule has 3 aromatic rings. The second kappa shape index (κ2) is 11.7. The summed E-state index contributed by atoms with van der Waals surface area (Å²) in [7, 11) is 1.32. The molecule has 1 unspecified atom stereocenters. The number of nitrogens with zero attached hydrogens (tertiary/aromatic N) is 3. The molecule has 2 heterocycles. The number of aryl methyl sites for hydroxylation is 1. The number of hydrogen-bond donors (Lipinski definition) is 1. The molecule has 0 spiro atoms. The van der Waals surface area contributed by atoms with E-state index in [4.69, 9.17) is 9.47 Å². The number of hydrogen-bond acceptors (Lipinski definition) is 8. The maximum atomic E-state index is 12.7. The minimum absolute atomic E-state index is 0.0911. The van der Waals surface area contributed by atoms with Crippen LogP contribution in [-0.2, 0) is 16.1 Å². The van der Waals surface area contributed by atoms with Gasteiger partial charge in [-0.2, -0.15) is 0 Å². The molecule has 0 saturated carbocycles.